The summed E-state index contributed by atoms with van der Waals surface area (Å²) < 4.78 is 15.6. The van der Waals surface area contributed by atoms with Crippen molar-refractivity contribution in [1.29, 1.82) is 0 Å². The predicted molar refractivity (Wildman–Crippen MR) is 67.5 cm³/mol. The molecule has 0 saturated carbocycles. The molecule has 90 valence electrons. The highest BCUT2D eigenvalue weighted by molar-refractivity contribution is 9.10. The molecule has 0 amide bonds. The second-order valence-electron chi connectivity index (χ2n) is 3.74. The molecular formula is C11H12BrFN4. The molecule has 0 bridgehead atoms. The lowest BCUT2D eigenvalue weighted by atomic mass is 10.2. The van der Waals surface area contributed by atoms with E-state index in [4.69, 9.17) is 5.73 Å². The molecule has 2 aromatic rings. The van der Waals surface area contributed by atoms with E-state index in [1.807, 2.05) is 13.8 Å². The monoisotopic (exact) mass is 298 g/mol. The molecule has 0 fully saturated rings. The van der Waals surface area contributed by atoms with Crippen molar-refractivity contribution >= 4 is 21.7 Å². The summed E-state index contributed by atoms with van der Waals surface area (Å²) in [5.41, 5.74) is 8.06. The SMILES string of the molecule is CCc1c(N)nnn1-c1cc(F)c(Br)cc1C. The molecule has 4 nitrogen and oxygen atoms in total. The van der Waals surface area contributed by atoms with Crippen LogP contribution in [-0.2, 0) is 6.42 Å². The van der Waals surface area contributed by atoms with Crippen molar-refractivity contribution in [2.24, 2.45) is 0 Å². The minimum atomic E-state index is -0.332. The third-order valence-electron chi connectivity index (χ3n) is 2.60. The Hall–Kier alpha value is -1.43. The van der Waals surface area contributed by atoms with Crippen LogP contribution in [0.1, 0.15) is 18.2 Å². The number of aromatic nitrogens is 3. The first kappa shape index (κ1) is 12.0. The Morgan fingerprint density at radius 2 is 2.18 bits per heavy atom. The van der Waals surface area contributed by atoms with E-state index in [0.29, 0.717) is 22.4 Å². The van der Waals surface area contributed by atoms with Crippen LogP contribution in [0.3, 0.4) is 0 Å². The fraction of sp³-hybridized carbons (Fsp3) is 0.273. The first-order valence-corrected chi connectivity index (χ1v) is 6.00. The number of nitrogen functional groups attached to an aromatic ring is 1. The van der Waals surface area contributed by atoms with Crippen molar-refractivity contribution in [2.45, 2.75) is 20.3 Å². The van der Waals surface area contributed by atoms with Gasteiger partial charge in [0.25, 0.3) is 0 Å². The molecular weight excluding hydrogens is 287 g/mol. The van der Waals surface area contributed by atoms with Gasteiger partial charge in [-0.15, -0.1) is 5.10 Å². The number of nitrogens with two attached hydrogens (primary N) is 1. The van der Waals surface area contributed by atoms with Crippen LogP contribution in [0.2, 0.25) is 0 Å². The normalized spacial score (nSPS) is 10.8. The van der Waals surface area contributed by atoms with Gasteiger partial charge in [-0.05, 0) is 40.9 Å². The molecule has 1 aromatic heterocycles. The van der Waals surface area contributed by atoms with E-state index in [1.54, 1.807) is 10.7 Å². The van der Waals surface area contributed by atoms with Gasteiger partial charge in [-0.25, -0.2) is 9.07 Å². The average Bonchev–Trinajstić information content (AvgIpc) is 2.64. The molecule has 0 unspecified atom stereocenters. The second kappa shape index (κ2) is 4.44. The van der Waals surface area contributed by atoms with Crippen LogP contribution in [0.5, 0.6) is 0 Å². The third kappa shape index (κ3) is 2.04. The van der Waals surface area contributed by atoms with Crippen molar-refractivity contribution in [2.75, 3.05) is 5.73 Å². The van der Waals surface area contributed by atoms with Gasteiger partial charge in [-0.3, -0.25) is 0 Å². The lowest BCUT2D eigenvalue weighted by Gasteiger charge is -2.09. The van der Waals surface area contributed by atoms with Gasteiger partial charge in [0.1, 0.15) is 5.82 Å². The van der Waals surface area contributed by atoms with Crippen molar-refractivity contribution < 1.29 is 4.39 Å². The van der Waals surface area contributed by atoms with Crippen molar-refractivity contribution in [3.05, 3.63) is 33.7 Å². The minimum absolute atomic E-state index is 0.332. The molecule has 0 spiro atoms. The van der Waals surface area contributed by atoms with Crippen LogP contribution in [-0.4, -0.2) is 15.0 Å². The van der Waals surface area contributed by atoms with Gasteiger partial charge in [-0.2, -0.15) is 0 Å². The van der Waals surface area contributed by atoms with Crippen LogP contribution >= 0.6 is 15.9 Å². The zero-order chi connectivity index (χ0) is 12.6. The van der Waals surface area contributed by atoms with Gasteiger partial charge in [0.05, 0.1) is 15.9 Å². The summed E-state index contributed by atoms with van der Waals surface area (Å²) in [6, 6.07) is 3.13. The molecule has 1 aromatic carbocycles. The van der Waals surface area contributed by atoms with E-state index in [9.17, 15) is 4.39 Å². The lowest BCUT2D eigenvalue weighted by Crippen LogP contribution is -2.05. The summed E-state index contributed by atoms with van der Waals surface area (Å²) in [5, 5.41) is 7.76. The molecule has 0 atom stereocenters. The maximum atomic E-state index is 13.5. The van der Waals surface area contributed by atoms with E-state index in [2.05, 4.69) is 26.2 Å². The number of halogens is 2. The van der Waals surface area contributed by atoms with E-state index in [-0.39, 0.29) is 5.82 Å². The number of hydrogen-bond acceptors (Lipinski definition) is 3. The topological polar surface area (TPSA) is 56.7 Å². The zero-order valence-corrected chi connectivity index (χ0v) is 11.1. The second-order valence-corrected chi connectivity index (χ2v) is 4.59. The number of aryl methyl sites for hydroxylation is 1. The van der Waals surface area contributed by atoms with Crippen molar-refractivity contribution in [1.82, 2.24) is 15.0 Å². The summed E-state index contributed by atoms with van der Waals surface area (Å²) in [5.74, 6) is 0.0527. The summed E-state index contributed by atoms with van der Waals surface area (Å²) >= 11 is 3.15. The highest BCUT2D eigenvalue weighted by atomic mass is 79.9. The van der Waals surface area contributed by atoms with Gasteiger partial charge in [-0.1, -0.05) is 12.1 Å². The maximum absolute atomic E-state index is 13.5. The Labute approximate surface area is 107 Å². The van der Waals surface area contributed by atoms with Gasteiger partial charge in [0, 0.05) is 6.07 Å². The van der Waals surface area contributed by atoms with E-state index < -0.39 is 0 Å². The Kier molecular flexibility index (Phi) is 3.15. The smallest absolute Gasteiger partial charge is 0.169 e. The van der Waals surface area contributed by atoms with Crippen LogP contribution in [0.4, 0.5) is 10.2 Å². The van der Waals surface area contributed by atoms with Crippen LogP contribution in [0.15, 0.2) is 16.6 Å². The Morgan fingerprint density at radius 3 is 2.82 bits per heavy atom. The van der Waals surface area contributed by atoms with E-state index in [0.717, 1.165) is 11.3 Å². The van der Waals surface area contributed by atoms with Crippen LogP contribution in [0.25, 0.3) is 5.69 Å². The Morgan fingerprint density at radius 1 is 1.47 bits per heavy atom. The average molecular weight is 299 g/mol. The molecule has 1 heterocycles. The highest BCUT2D eigenvalue weighted by Crippen LogP contribution is 2.24. The molecule has 2 N–H and O–H groups in total. The number of benzene rings is 1. The molecule has 0 saturated heterocycles. The van der Waals surface area contributed by atoms with Crippen LogP contribution < -0.4 is 5.73 Å². The standard InChI is InChI=1S/C11H12BrFN4/c1-3-9-11(14)15-16-17(9)10-5-8(13)7(12)4-6(10)2/h4-5H,3,14H2,1-2H3. The molecule has 2 rings (SSSR count). The highest BCUT2D eigenvalue weighted by Gasteiger charge is 2.13. The van der Waals surface area contributed by atoms with E-state index in [1.165, 1.54) is 6.07 Å². The molecule has 0 aliphatic rings. The number of rotatable bonds is 2. The summed E-state index contributed by atoms with van der Waals surface area (Å²) in [6.07, 6.45) is 0.690. The van der Waals surface area contributed by atoms with E-state index >= 15 is 0 Å². The minimum Gasteiger partial charge on any atom is -0.381 e. The largest absolute Gasteiger partial charge is 0.381 e. The Bertz CT molecular complexity index is 565. The molecule has 0 radical (unpaired) electrons. The number of hydrogen-bond donors (Lipinski definition) is 1. The summed E-state index contributed by atoms with van der Waals surface area (Å²) in [7, 11) is 0. The quantitative estimate of drug-likeness (QED) is 0.927. The third-order valence-corrected chi connectivity index (χ3v) is 3.20. The summed E-state index contributed by atoms with van der Waals surface area (Å²) in [4.78, 5) is 0. The first-order valence-electron chi connectivity index (χ1n) is 5.20. The molecule has 6 heteroatoms. The molecule has 17 heavy (non-hydrogen) atoms. The number of nitrogens with zero attached hydrogens (tertiary/aromatic N) is 3. The van der Waals surface area contributed by atoms with Gasteiger partial charge < -0.3 is 5.73 Å². The summed E-state index contributed by atoms with van der Waals surface area (Å²) in [6.45, 7) is 3.84. The van der Waals surface area contributed by atoms with Gasteiger partial charge in [0.2, 0.25) is 0 Å². The predicted octanol–water partition coefficient (Wildman–Crippen LogP) is 2.62. The van der Waals surface area contributed by atoms with Crippen molar-refractivity contribution in [3.8, 4) is 5.69 Å². The molecule has 0 aliphatic heterocycles. The first-order chi connectivity index (χ1) is 8.04. The van der Waals surface area contributed by atoms with Gasteiger partial charge in [0.15, 0.2) is 5.82 Å². The van der Waals surface area contributed by atoms with Crippen LogP contribution in [0, 0.1) is 12.7 Å². The lowest BCUT2D eigenvalue weighted by molar-refractivity contribution is 0.616. The van der Waals surface area contributed by atoms with Crippen molar-refractivity contribution in [3.63, 3.8) is 0 Å². The van der Waals surface area contributed by atoms with Gasteiger partial charge >= 0.3 is 0 Å². The number of anilines is 1. The zero-order valence-electron chi connectivity index (χ0n) is 9.54. The fourth-order valence-electron chi connectivity index (χ4n) is 1.70. The Balaban J connectivity index is 2.64. The maximum Gasteiger partial charge on any atom is 0.169 e. The fourth-order valence-corrected chi connectivity index (χ4v) is 2.16. The molecule has 0 aliphatic carbocycles.